The van der Waals surface area contributed by atoms with Crippen LogP contribution in [0.15, 0.2) is 41.6 Å². The van der Waals surface area contributed by atoms with Gasteiger partial charge < -0.3 is 10.1 Å². The first-order chi connectivity index (χ1) is 12.1. The molecule has 1 saturated heterocycles. The van der Waals surface area contributed by atoms with E-state index in [1.165, 1.54) is 11.8 Å². The third-order valence-corrected chi connectivity index (χ3v) is 5.17. The van der Waals surface area contributed by atoms with Crippen LogP contribution in [0.4, 0.5) is 0 Å². The van der Waals surface area contributed by atoms with Crippen LogP contribution >= 0.6 is 11.8 Å². The van der Waals surface area contributed by atoms with Gasteiger partial charge in [-0.15, -0.1) is 0 Å². The van der Waals surface area contributed by atoms with Gasteiger partial charge in [0.25, 0.3) is 0 Å². The standard InChI is InChI=1S/C19H23N3O2S/c1-13-11-14(2)22-19(21-13)25-17(15-7-4-3-5-8-15)18(23)20-12-16-9-6-10-24-16/h3-5,7-8,11,16-17H,6,9-10,12H2,1-2H3,(H,20,23)/t16-,17+/m0/s1. The zero-order valence-corrected chi connectivity index (χ0v) is 15.4. The summed E-state index contributed by atoms with van der Waals surface area (Å²) in [6.45, 7) is 5.21. The summed E-state index contributed by atoms with van der Waals surface area (Å²) in [6, 6.07) is 11.7. The van der Waals surface area contributed by atoms with E-state index in [-0.39, 0.29) is 17.3 Å². The fourth-order valence-corrected chi connectivity index (χ4v) is 3.95. The highest BCUT2D eigenvalue weighted by Gasteiger charge is 2.25. The molecule has 25 heavy (non-hydrogen) atoms. The highest BCUT2D eigenvalue weighted by molar-refractivity contribution is 8.00. The summed E-state index contributed by atoms with van der Waals surface area (Å²) in [4.78, 5) is 21.8. The van der Waals surface area contributed by atoms with Crippen LogP contribution in [-0.2, 0) is 9.53 Å². The minimum atomic E-state index is -0.385. The first-order valence-corrected chi connectivity index (χ1v) is 9.43. The van der Waals surface area contributed by atoms with E-state index in [1.54, 1.807) is 0 Å². The van der Waals surface area contributed by atoms with Crippen LogP contribution in [0.1, 0.15) is 35.0 Å². The molecule has 1 aliphatic heterocycles. The normalized spacial score (nSPS) is 18.1. The summed E-state index contributed by atoms with van der Waals surface area (Å²) in [5.41, 5.74) is 2.75. The zero-order chi connectivity index (χ0) is 17.6. The van der Waals surface area contributed by atoms with Crippen LogP contribution in [0.3, 0.4) is 0 Å². The van der Waals surface area contributed by atoms with Crippen LogP contribution in [-0.4, -0.2) is 35.1 Å². The number of hydrogen-bond acceptors (Lipinski definition) is 5. The number of hydrogen-bond donors (Lipinski definition) is 1. The second-order valence-corrected chi connectivity index (χ2v) is 7.29. The number of aryl methyl sites for hydroxylation is 2. The molecule has 0 aliphatic carbocycles. The zero-order valence-electron chi connectivity index (χ0n) is 14.6. The van der Waals surface area contributed by atoms with Crippen molar-refractivity contribution in [3.8, 4) is 0 Å². The maximum atomic E-state index is 12.8. The first kappa shape index (κ1) is 17.9. The molecule has 0 bridgehead atoms. The lowest BCUT2D eigenvalue weighted by molar-refractivity contribution is -0.121. The Kier molecular flexibility index (Phi) is 6.04. The fourth-order valence-electron chi connectivity index (χ4n) is 2.86. The van der Waals surface area contributed by atoms with Gasteiger partial charge in [-0.05, 0) is 38.3 Å². The number of thioether (sulfide) groups is 1. The van der Waals surface area contributed by atoms with Crippen molar-refractivity contribution >= 4 is 17.7 Å². The van der Waals surface area contributed by atoms with Gasteiger partial charge in [-0.1, -0.05) is 42.1 Å². The molecule has 1 fully saturated rings. The van der Waals surface area contributed by atoms with Gasteiger partial charge >= 0.3 is 0 Å². The second-order valence-electron chi connectivity index (χ2n) is 6.22. The Morgan fingerprint density at radius 3 is 2.64 bits per heavy atom. The van der Waals surface area contributed by atoms with Gasteiger partial charge in [0, 0.05) is 24.5 Å². The Morgan fingerprint density at radius 1 is 1.28 bits per heavy atom. The molecule has 2 heterocycles. The van der Waals surface area contributed by atoms with Crippen molar-refractivity contribution in [2.75, 3.05) is 13.2 Å². The topological polar surface area (TPSA) is 64.1 Å². The Hall–Kier alpha value is -1.92. The molecular weight excluding hydrogens is 334 g/mol. The number of rotatable bonds is 6. The number of carbonyl (C=O) groups excluding carboxylic acids is 1. The van der Waals surface area contributed by atoms with E-state index in [4.69, 9.17) is 4.74 Å². The average molecular weight is 357 g/mol. The van der Waals surface area contributed by atoms with Crippen molar-refractivity contribution in [3.63, 3.8) is 0 Å². The van der Waals surface area contributed by atoms with Crippen LogP contribution in [0.5, 0.6) is 0 Å². The van der Waals surface area contributed by atoms with Gasteiger partial charge in [0.15, 0.2) is 5.16 Å². The van der Waals surface area contributed by atoms with Gasteiger partial charge in [0.1, 0.15) is 5.25 Å². The largest absolute Gasteiger partial charge is 0.376 e. The van der Waals surface area contributed by atoms with E-state index in [0.717, 1.165) is 36.4 Å². The van der Waals surface area contributed by atoms with E-state index in [9.17, 15) is 4.79 Å². The molecule has 5 nitrogen and oxygen atoms in total. The minimum absolute atomic E-state index is 0.0329. The van der Waals surface area contributed by atoms with Gasteiger partial charge in [-0.2, -0.15) is 0 Å². The van der Waals surface area contributed by atoms with Crippen molar-refractivity contribution in [1.82, 2.24) is 15.3 Å². The highest BCUT2D eigenvalue weighted by atomic mass is 32.2. The summed E-state index contributed by atoms with van der Waals surface area (Å²) in [7, 11) is 0. The SMILES string of the molecule is Cc1cc(C)nc(S[C@@H](C(=O)NC[C@@H]2CCCO2)c2ccccc2)n1. The van der Waals surface area contributed by atoms with Crippen molar-refractivity contribution in [2.24, 2.45) is 0 Å². The van der Waals surface area contributed by atoms with Crippen molar-refractivity contribution in [1.29, 1.82) is 0 Å². The maximum Gasteiger partial charge on any atom is 0.238 e. The third kappa shape index (κ3) is 5.03. The van der Waals surface area contributed by atoms with E-state index >= 15 is 0 Å². The number of aromatic nitrogens is 2. The molecule has 1 aliphatic rings. The molecule has 0 spiro atoms. The molecule has 1 N–H and O–H groups in total. The molecule has 132 valence electrons. The molecule has 1 amide bonds. The molecule has 1 aromatic heterocycles. The fraction of sp³-hybridized carbons (Fsp3) is 0.421. The second kappa shape index (κ2) is 8.45. The lowest BCUT2D eigenvalue weighted by atomic mass is 10.1. The smallest absolute Gasteiger partial charge is 0.238 e. The lowest BCUT2D eigenvalue weighted by Crippen LogP contribution is -2.34. The van der Waals surface area contributed by atoms with Crippen LogP contribution < -0.4 is 5.32 Å². The third-order valence-electron chi connectivity index (χ3n) is 4.05. The van der Waals surface area contributed by atoms with Crippen molar-refractivity contribution in [2.45, 2.75) is 43.2 Å². The summed E-state index contributed by atoms with van der Waals surface area (Å²) >= 11 is 1.39. The van der Waals surface area contributed by atoms with Crippen molar-refractivity contribution in [3.05, 3.63) is 53.3 Å². The molecule has 0 radical (unpaired) electrons. The Labute approximate surface area is 152 Å². The monoisotopic (exact) mass is 357 g/mol. The number of nitrogens with zero attached hydrogens (tertiary/aromatic N) is 2. The van der Waals surface area contributed by atoms with Crippen LogP contribution in [0, 0.1) is 13.8 Å². The van der Waals surface area contributed by atoms with Crippen LogP contribution in [0.25, 0.3) is 0 Å². The molecule has 2 atom stereocenters. The summed E-state index contributed by atoms with van der Waals surface area (Å²) < 4.78 is 5.59. The predicted octanol–water partition coefficient (Wildman–Crippen LogP) is 3.22. The molecule has 6 heteroatoms. The average Bonchev–Trinajstić information content (AvgIpc) is 3.11. The number of amides is 1. The minimum Gasteiger partial charge on any atom is -0.376 e. The van der Waals surface area contributed by atoms with Gasteiger partial charge in [-0.25, -0.2) is 9.97 Å². The molecule has 1 aromatic carbocycles. The highest BCUT2D eigenvalue weighted by Crippen LogP contribution is 2.33. The molecule has 3 rings (SSSR count). The van der Waals surface area contributed by atoms with Crippen LogP contribution in [0.2, 0.25) is 0 Å². The summed E-state index contributed by atoms with van der Waals surface area (Å²) in [5.74, 6) is -0.0329. The van der Waals surface area contributed by atoms with Gasteiger partial charge in [0.2, 0.25) is 5.91 Å². The van der Waals surface area contributed by atoms with Gasteiger partial charge in [0.05, 0.1) is 6.10 Å². The van der Waals surface area contributed by atoms with E-state index in [2.05, 4.69) is 15.3 Å². The molecule has 2 aromatic rings. The number of ether oxygens (including phenoxy) is 1. The summed E-state index contributed by atoms with van der Waals surface area (Å²) in [5, 5.41) is 3.27. The Balaban J connectivity index is 1.75. The Morgan fingerprint density at radius 2 is 2.00 bits per heavy atom. The molecular formula is C19H23N3O2S. The summed E-state index contributed by atoms with van der Waals surface area (Å²) in [6.07, 6.45) is 2.19. The predicted molar refractivity (Wildman–Crippen MR) is 98.5 cm³/mol. The lowest BCUT2D eigenvalue weighted by Gasteiger charge is -2.18. The molecule has 0 saturated carbocycles. The Bertz CT molecular complexity index is 698. The van der Waals surface area contributed by atoms with E-state index < -0.39 is 0 Å². The van der Waals surface area contributed by atoms with Crippen molar-refractivity contribution < 1.29 is 9.53 Å². The first-order valence-electron chi connectivity index (χ1n) is 8.55. The van der Waals surface area contributed by atoms with Gasteiger partial charge in [-0.3, -0.25) is 4.79 Å². The number of benzene rings is 1. The van der Waals surface area contributed by atoms with E-state index in [1.807, 2.05) is 50.2 Å². The number of carbonyl (C=O) groups is 1. The maximum absolute atomic E-state index is 12.8. The van der Waals surface area contributed by atoms with E-state index in [0.29, 0.717) is 11.7 Å². The number of nitrogens with one attached hydrogen (secondary N) is 1. The quantitative estimate of drug-likeness (QED) is 0.635. The molecule has 0 unspecified atom stereocenters.